The number of hydrogen-bond acceptors (Lipinski definition) is 3. The Morgan fingerprint density at radius 3 is 2.39 bits per heavy atom. The number of likely N-dealkylation sites (tertiary alicyclic amines) is 1. The Kier molecular flexibility index (Phi) is 3.21. The molecule has 1 aliphatic heterocycles. The Labute approximate surface area is 103 Å². The number of β-amino-alcohol motifs (C(OH)–C–C–N with tert-alkyl or cyclic N) is 1. The van der Waals surface area contributed by atoms with Crippen LogP contribution in [-0.4, -0.2) is 41.2 Å². The molecule has 0 saturated carbocycles. The fourth-order valence-corrected chi connectivity index (χ4v) is 1.88. The Morgan fingerprint density at radius 2 is 1.94 bits per heavy atom. The number of amides is 1. The number of aliphatic hydroxyl groups is 1. The molecular weight excluding hydrogens is 244 g/mol. The summed E-state index contributed by atoms with van der Waals surface area (Å²) < 4.78 is 28.0. The smallest absolute Gasteiger partial charge is 0.387 e. The van der Waals surface area contributed by atoms with Crippen LogP contribution in [0, 0.1) is 0 Å². The van der Waals surface area contributed by atoms with Crippen LogP contribution in [-0.2, 0) is 0 Å². The monoisotopic (exact) mass is 257 g/mol. The van der Waals surface area contributed by atoms with Crippen LogP contribution in [0.4, 0.5) is 8.78 Å². The maximum Gasteiger partial charge on any atom is 0.387 e. The van der Waals surface area contributed by atoms with E-state index in [-0.39, 0.29) is 24.7 Å². The number of halogens is 2. The summed E-state index contributed by atoms with van der Waals surface area (Å²) >= 11 is 0. The van der Waals surface area contributed by atoms with Crippen LogP contribution in [0.1, 0.15) is 17.3 Å². The van der Waals surface area contributed by atoms with Gasteiger partial charge in [-0.2, -0.15) is 8.78 Å². The third kappa shape index (κ3) is 2.76. The van der Waals surface area contributed by atoms with E-state index in [1.165, 1.54) is 29.2 Å². The summed E-state index contributed by atoms with van der Waals surface area (Å²) in [7, 11) is 0. The highest BCUT2D eigenvalue weighted by Gasteiger charge is 2.39. The molecule has 0 bridgehead atoms. The molecule has 2 rings (SSSR count). The summed E-state index contributed by atoms with van der Waals surface area (Å²) in [6.07, 6.45) is 0. The second kappa shape index (κ2) is 4.53. The van der Waals surface area contributed by atoms with Gasteiger partial charge in [0.1, 0.15) is 5.75 Å². The molecule has 18 heavy (non-hydrogen) atoms. The van der Waals surface area contributed by atoms with E-state index in [2.05, 4.69) is 4.74 Å². The Bertz CT molecular complexity index is 437. The van der Waals surface area contributed by atoms with Crippen LogP contribution >= 0.6 is 0 Å². The number of nitrogens with zero attached hydrogens (tertiary/aromatic N) is 1. The number of alkyl halides is 2. The lowest BCUT2D eigenvalue weighted by Gasteiger charge is -2.44. The number of hydrogen-bond donors (Lipinski definition) is 1. The van der Waals surface area contributed by atoms with Gasteiger partial charge in [-0.05, 0) is 31.2 Å². The average molecular weight is 257 g/mol. The molecule has 1 aromatic carbocycles. The summed E-state index contributed by atoms with van der Waals surface area (Å²) in [6.45, 7) is -0.671. The van der Waals surface area contributed by atoms with Gasteiger partial charge >= 0.3 is 6.61 Å². The van der Waals surface area contributed by atoms with Gasteiger partial charge < -0.3 is 14.7 Å². The Morgan fingerprint density at radius 1 is 1.39 bits per heavy atom. The maximum absolute atomic E-state index is 11.9. The molecule has 1 saturated heterocycles. The van der Waals surface area contributed by atoms with Crippen molar-refractivity contribution in [1.29, 1.82) is 0 Å². The highest BCUT2D eigenvalue weighted by molar-refractivity contribution is 5.95. The van der Waals surface area contributed by atoms with E-state index in [9.17, 15) is 18.7 Å². The number of rotatable bonds is 3. The normalized spacial score (nSPS) is 17.5. The van der Waals surface area contributed by atoms with Crippen molar-refractivity contribution >= 4 is 5.91 Å². The van der Waals surface area contributed by atoms with Crippen molar-refractivity contribution in [1.82, 2.24) is 4.90 Å². The van der Waals surface area contributed by atoms with Gasteiger partial charge in [-0.25, -0.2) is 0 Å². The van der Waals surface area contributed by atoms with Crippen molar-refractivity contribution in [3.8, 4) is 5.75 Å². The zero-order valence-corrected chi connectivity index (χ0v) is 9.77. The van der Waals surface area contributed by atoms with Crippen LogP contribution in [0.15, 0.2) is 24.3 Å². The molecular formula is C12H13F2NO3. The van der Waals surface area contributed by atoms with E-state index in [1.54, 1.807) is 6.92 Å². The Hall–Kier alpha value is -1.69. The molecule has 1 heterocycles. The fraction of sp³-hybridized carbons (Fsp3) is 0.417. The van der Waals surface area contributed by atoms with Crippen LogP contribution < -0.4 is 4.74 Å². The van der Waals surface area contributed by atoms with Crippen molar-refractivity contribution < 1.29 is 23.4 Å². The van der Waals surface area contributed by atoms with Crippen LogP contribution in [0.5, 0.6) is 5.75 Å². The fourth-order valence-electron chi connectivity index (χ4n) is 1.88. The largest absolute Gasteiger partial charge is 0.435 e. The van der Waals surface area contributed by atoms with Gasteiger partial charge in [0.05, 0.1) is 18.7 Å². The first-order chi connectivity index (χ1) is 8.37. The van der Waals surface area contributed by atoms with Crippen molar-refractivity contribution in [2.75, 3.05) is 13.1 Å². The molecule has 0 unspecified atom stereocenters. The van der Waals surface area contributed by atoms with Crippen LogP contribution in [0.2, 0.25) is 0 Å². The number of carbonyl (C=O) groups is 1. The van der Waals surface area contributed by atoms with E-state index in [0.717, 1.165) is 0 Å². The van der Waals surface area contributed by atoms with Gasteiger partial charge in [-0.1, -0.05) is 0 Å². The molecule has 1 amide bonds. The lowest BCUT2D eigenvalue weighted by atomic mass is 9.96. The predicted molar refractivity (Wildman–Crippen MR) is 59.6 cm³/mol. The van der Waals surface area contributed by atoms with Crippen LogP contribution in [0.3, 0.4) is 0 Å². The third-order valence-electron chi connectivity index (χ3n) is 2.68. The van der Waals surface area contributed by atoms with Crippen molar-refractivity contribution in [3.05, 3.63) is 29.8 Å². The summed E-state index contributed by atoms with van der Waals surface area (Å²) in [4.78, 5) is 13.4. The van der Waals surface area contributed by atoms with E-state index < -0.39 is 12.2 Å². The van der Waals surface area contributed by atoms with E-state index in [1.807, 2.05) is 0 Å². The predicted octanol–water partition coefficient (Wildman–Crippen LogP) is 1.49. The SMILES string of the molecule is CC1(O)CN(C(=O)c2ccc(OC(F)F)cc2)C1. The van der Waals surface area contributed by atoms with Crippen molar-refractivity contribution in [2.45, 2.75) is 19.1 Å². The molecule has 1 aliphatic rings. The van der Waals surface area contributed by atoms with Crippen molar-refractivity contribution in [3.63, 3.8) is 0 Å². The second-order valence-corrected chi connectivity index (χ2v) is 4.56. The minimum atomic E-state index is -2.88. The Balaban J connectivity index is 1.99. The topological polar surface area (TPSA) is 49.8 Å². The third-order valence-corrected chi connectivity index (χ3v) is 2.68. The molecule has 0 aliphatic carbocycles. The highest BCUT2D eigenvalue weighted by atomic mass is 19.3. The molecule has 1 aromatic rings. The first kappa shape index (κ1) is 12.8. The molecule has 98 valence electrons. The highest BCUT2D eigenvalue weighted by Crippen LogP contribution is 2.23. The van der Waals surface area contributed by atoms with Crippen molar-refractivity contribution in [2.24, 2.45) is 0 Å². The lowest BCUT2D eigenvalue weighted by Crippen LogP contribution is -2.61. The zero-order valence-electron chi connectivity index (χ0n) is 9.77. The van der Waals surface area contributed by atoms with Crippen LogP contribution in [0.25, 0.3) is 0 Å². The van der Waals surface area contributed by atoms with Gasteiger partial charge in [0, 0.05) is 5.56 Å². The molecule has 0 spiro atoms. The minimum Gasteiger partial charge on any atom is -0.435 e. The first-order valence-corrected chi connectivity index (χ1v) is 5.44. The summed E-state index contributed by atoms with van der Waals surface area (Å²) in [6, 6.07) is 5.48. The van der Waals surface area contributed by atoms with Gasteiger partial charge in [0.2, 0.25) is 0 Å². The minimum absolute atomic E-state index is 0.0113. The summed E-state index contributed by atoms with van der Waals surface area (Å²) in [5.41, 5.74) is -0.443. The van der Waals surface area contributed by atoms with Gasteiger partial charge in [0.25, 0.3) is 5.91 Å². The second-order valence-electron chi connectivity index (χ2n) is 4.56. The van der Waals surface area contributed by atoms with E-state index >= 15 is 0 Å². The molecule has 6 heteroatoms. The molecule has 0 aromatic heterocycles. The van der Waals surface area contributed by atoms with Gasteiger partial charge in [-0.15, -0.1) is 0 Å². The first-order valence-electron chi connectivity index (χ1n) is 5.44. The molecule has 1 N–H and O–H groups in total. The van der Waals surface area contributed by atoms with Gasteiger partial charge in [-0.3, -0.25) is 4.79 Å². The molecule has 0 radical (unpaired) electrons. The molecule has 4 nitrogen and oxygen atoms in total. The van der Waals surface area contributed by atoms with E-state index in [0.29, 0.717) is 5.56 Å². The maximum atomic E-state index is 11.9. The summed E-state index contributed by atoms with van der Waals surface area (Å²) in [5.74, 6) is -0.220. The summed E-state index contributed by atoms with van der Waals surface area (Å²) in [5, 5.41) is 9.53. The number of carbonyl (C=O) groups excluding carboxylic acids is 1. The lowest BCUT2D eigenvalue weighted by molar-refractivity contribution is -0.0669. The molecule has 0 atom stereocenters. The zero-order chi connectivity index (χ0) is 13.3. The number of ether oxygens (including phenoxy) is 1. The quantitative estimate of drug-likeness (QED) is 0.892. The van der Waals surface area contributed by atoms with Gasteiger partial charge in [0.15, 0.2) is 0 Å². The van der Waals surface area contributed by atoms with E-state index in [4.69, 9.17) is 0 Å². The molecule has 1 fully saturated rings. The number of benzene rings is 1. The average Bonchev–Trinajstić information content (AvgIpc) is 2.25. The standard InChI is InChI=1S/C12H13F2NO3/c1-12(17)6-15(7-12)10(16)8-2-4-9(5-3-8)18-11(13)14/h2-5,11,17H,6-7H2,1H3.